The van der Waals surface area contributed by atoms with E-state index in [0.29, 0.717) is 25.9 Å². The SMILES string of the molecule is CN=C(NCc1cccc(COC2CCOCC2)c1)NC(C)COC. The van der Waals surface area contributed by atoms with Crippen molar-refractivity contribution in [3.63, 3.8) is 0 Å². The van der Waals surface area contributed by atoms with Crippen LogP contribution < -0.4 is 10.6 Å². The Balaban J connectivity index is 1.79. The molecule has 0 aliphatic carbocycles. The van der Waals surface area contributed by atoms with E-state index >= 15 is 0 Å². The Bertz CT molecular complexity index is 530. The summed E-state index contributed by atoms with van der Waals surface area (Å²) >= 11 is 0. The normalized spacial score (nSPS) is 17.3. The number of benzene rings is 1. The first kappa shape index (κ1) is 19.7. The predicted octanol–water partition coefficient (Wildman–Crippen LogP) is 2.08. The van der Waals surface area contributed by atoms with Crippen molar-refractivity contribution in [3.05, 3.63) is 35.4 Å². The summed E-state index contributed by atoms with van der Waals surface area (Å²) in [6, 6.07) is 8.67. The van der Waals surface area contributed by atoms with Crippen molar-refractivity contribution < 1.29 is 14.2 Å². The number of rotatable bonds is 8. The number of hydrogen-bond donors (Lipinski definition) is 2. The van der Waals surface area contributed by atoms with E-state index in [1.54, 1.807) is 14.2 Å². The van der Waals surface area contributed by atoms with Gasteiger partial charge in [-0.3, -0.25) is 4.99 Å². The summed E-state index contributed by atoms with van der Waals surface area (Å²) in [6.45, 7) is 5.68. The van der Waals surface area contributed by atoms with E-state index in [4.69, 9.17) is 14.2 Å². The third kappa shape index (κ3) is 7.42. The highest BCUT2D eigenvalue weighted by atomic mass is 16.5. The zero-order valence-corrected chi connectivity index (χ0v) is 15.6. The number of nitrogens with one attached hydrogen (secondary N) is 2. The highest BCUT2D eigenvalue weighted by molar-refractivity contribution is 5.79. The molecule has 1 fully saturated rings. The van der Waals surface area contributed by atoms with E-state index in [1.165, 1.54) is 11.1 Å². The molecule has 25 heavy (non-hydrogen) atoms. The second-order valence-corrected chi connectivity index (χ2v) is 6.37. The van der Waals surface area contributed by atoms with Crippen LogP contribution >= 0.6 is 0 Å². The van der Waals surface area contributed by atoms with Crippen molar-refractivity contribution in [3.8, 4) is 0 Å². The Hall–Kier alpha value is -1.63. The van der Waals surface area contributed by atoms with E-state index < -0.39 is 0 Å². The number of guanidine groups is 1. The van der Waals surface area contributed by atoms with Gasteiger partial charge in [-0.25, -0.2) is 0 Å². The summed E-state index contributed by atoms with van der Waals surface area (Å²) in [5.41, 5.74) is 2.40. The van der Waals surface area contributed by atoms with Gasteiger partial charge in [-0.05, 0) is 30.9 Å². The molecule has 0 spiro atoms. The summed E-state index contributed by atoms with van der Waals surface area (Å²) in [7, 11) is 3.47. The second-order valence-electron chi connectivity index (χ2n) is 6.37. The lowest BCUT2D eigenvalue weighted by Gasteiger charge is -2.22. The quantitative estimate of drug-likeness (QED) is 0.556. The predicted molar refractivity (Wildman–Crippen MR) is 99.7 cm³/mol. The minimum Gasteiger partial charge on any atom is -0.383 e. The van der Waals surface area contributed by atoms with Gasteiger partial charge in [-0.15, -0.1) is 0 Å². The molecule has 1 unspecified atom stereocenters. The molecule has 1 heterocycles. The van der Waals surface area contributed by atoms with Crippen LogP contribution in [-0.4, -0.2) is 52.1 Å². The first-order valence-corrected chi connectivity index (χ1v) is 8.94. The van der Waals surface area contributed by atoms with Gasteiger partial charge < -0.3 is 24.8 Å². The summed E-state index contributed by atoms with van der Waals surface area (Å²) in [5.74, 6) is 0.772. The maximum atomic E-state index is 6.00. The number of hydrogen-bond acceptors (Lipinski definition) is 4. The minimum atomic E-state index is 0.204. The number of methoxy groups -OCH3 is 1. The molecule has 1 aliphatic rings. The molecule has 140 valence electrons. The van der Waals surface area contributed by atoms with Crippen molar-refractivity contribution in [2.75, 3.05) is 34.0 Å². The van der Waals surface area contributed by atoms with E-state index in [1.807, 2.05) is 0 Å². The molecule has 1 aromatic carbocycles. The highest BCUT2D eigenvalue weighted by Crippen LogP contribution is 2.14. The smallest absolute Gasteiger partial charge is 0.191 e. The van der Waals surface area contributed by atoms with Crippen LogP contribution in [0.4, 0.5) is 0 Å². The fourth-order valence-corrected chi connectivity index (χ4v) is 2.79. The van der Waals surface area contributed by atoms with Gasteiger partial charge in [0, 0.05) is 40.0 Å². The number of ether oxygens (including phenoxy) is 3. The van der Waals surface area contributed by atoms with Crippen molar-refractivity contribution in [2.45, 2.75) is 45.1 Å². The van der Waals surface area contributed by atoms with E-state index in [0.717, 1.165) is 32.0 Å². The van der Waals surface area contributed by atoms with Gasteiger partial charge in [0.1, 0.15) is 0 Å². The highest BCUT2D eigenvalue weighted by Gasteiger charge is 2.14. The molecule has 2 rings (SSSR count). The van der Waals surface area contributed by atoms with Crippen LogP contribution in [0.3, 0.4) is 0 Å². The molecule has 0 radical (unpaired) electrons. The maximum Gasteiger partial charge on any atom is 0.191 e. The van der Waals surface area contributed by atoms with Crippen molar-refractivity contribution in [1.82, 2.24) is 10.6 Å². The minimum absolute atomic E-state index is 0.204. The van der Waals surface area contributed by atoms with Crippen LogP contribution in [-0.2, 0) is 27.4 Å². The van der Waals surface area contributed by atoms with E-state index in [-0.39, 0.29) is 6.04 Å². The molecule has 0 amide bonds. The van der Waals surface area contributed by atoms with Gasteiger partial charge >= 0.3 is 0 Å². The second kappa shape index (κ2) is 11.1. The molecule has 0 bridgehead atoms. The Morgan fingerprint density at radius 1 is 1.32 bits per heavy atom. The first-order chi connectivity index (χ1) is 12.2. The molecular weight excluding hydrogens is 318 g/mol. The van der Waals surface area contributed by atoms with E-state index in [2.05, 4.69) is 46.8 Å². The Labute approximate surface area is 151 Å². The lowest BCUT2D eigenvalue weighted by molar-refractivity contribution is -0.0390. The van der Waals surface area contributed by atoms with Crippen LogP contribution in [0.5, 0.6) is 0 Å². The average molecular weight is 349 g/mol. The van der Waals surface area contributed by atoms with Gasteiger partial charge in [0.15, 0.2) is 5.96 Å². The van der Waals surface area contributed by atoms with Gasteiger partial charge in [-0.1, -0.05) is 24.3 Å². The molecule has 6 heteroatoms. The Kier molecular flexibility index (Phi) is 8.72. The van der Waals surface area contributed by atoms with Crippen molar-refractivity contribution in [1.29, 1.82) is 0 Å². The molecule has 1 saturated heterocycles. The van der Waals surface area contributed by atoms with Crippen molar-refractivity contribution >= 4 is 5.96 Å². The monoisotopic (exact) mass is 349 g/mol. The molecule has 6 nitrogen and oxygen atoms in total. The molecule has 0 aromatic heterocycles. The van der Waals surface area contributed by atoms with Crippen LogP contribution in [0, 0.1) is 0 Å². The first-order valence-electron chi connectivity index (χ1n) is 8.94. The standard InChI is InChI=1S/C19H31N3O3/c1-15(13-23-3)22-19(20-2)21-12-16-5-4-6-17(11-16)14-25-18-7-9-24-10-8-18/h4-6,11,15,18H,7-10,12-14H2,1-3H3,(H2,20,21,22). The average Bonchev–Trinajstić information content (AvgIpc) is 2.65. The molecule has 2 N–H and O–H groups in total. The molecule has 1 aromatic rings. The third-order valence-electron chi connectivity index (χ3n) is 4.13. The summed E-state index contributed by atoms with van der Waals surface area (Å²) < 4.78 is 16.5. The van der Waals surface area contributed by atoms with Gasteiger partial charge in [0.2, 0.25) is 0 Å². The number of nitrogens with zero attached hydrogens (tertiary/aromatic N) is 1. The molecule has 1 atom stereocenters. The number of aliphatic imine (C=N–C) groups is 1. The van der Waals surface area contributed by atoms with E-state index in [9.17, 15) is 0 Å². The van der Waals surface area contributed by atoms with Gasteiger partial charge in [0.05, 0.1) is 19.3 Å². The van der Waals surface area contributed by atoms with Crippen molar-refractivity contribution in [2.24, 2.45) is 4.99 Å². The molecular formula is C19H31N3O3. The Morgan fingerprint density at radius 3 is 2.80 bits per heavy atom. The lowest BCUT2D eigenvalue weighted by atomic mass is 10.1. The topological polar surface area (TPSA) is 64.1 Å². The third-order valence-corrected chi connectivity index (χ3v) is 4.13. The Morgan fingerprint density at radius 2 is 2.08 bits per heavy atom. The zero-order chi connectivity index (χ0) is 17.9. The van der Waals surface area contributed by atoms with Gasteiger partial charge in [-0.2, -0.15) is 0 Å². The fraction of sp³-hybridized carbons (Fsp3) is 0.632. The molecule has 0 saturated carbocycles. The van der Waals surface area contributed by atoms with Gasteiger partial charge in [0.25, 0.3) is 0 Å². The maximum absolute atomic E-state index is 6.00. The van der Waals surface area contributed by atoms with Crippen LogP contribution in [0.1, 0.15) is 30.9 Å². The largest absolute Gasteiger partial charge is 0.383 e. The lowest BCUT2D eigenvalue weighted by Crippen LogP contribution is -2.43. The summed E-state index contributed by atoms with van der Waals surface area (Å²) in [5, 5.41) is 6.63. The van der Waals surface area contributed by atoms with Crippen LogP contribution in [0.2, 0.25) is 0 Å². The zero-order valence-electron chi connectivity index (χ0n) is 15.6. The van der Waals surface area contributed by atoms with Crippen LogP contribution in [0.15, 0.2) is 29.3 Å². The fourth-order valence-electron chi connectivity index (χ4n) is 2.79. The summed E-state index contributed by atoms with van der Waals surface area (Å²) in [4.78, 5) is 4.25. The molecule has 1 aliphatic heterocycles. The summed E-state index contributed by atoms with van der Waals surface area (Å²) in [6.07, 6.45) is 2.30. The van der Waals surface area contributed by atoms with Crippen LogP contribution in [0.25, 0.3) is 0 Å².